The highest BCUT2D eigenvalue weighted by molar-refractivity contribution is 8.15. The van der Waals surface area contributed by atoms with Crippen LogP contribution >= 0.6 is 23.1 Å². The predicted octanol–water partition coefficient (Wildman–Crippen LogP) is 3.42. The van der Waals surface area contributed by atoms with E-state index >= 15 is 0 Å². The average molecular weight is 473 g/mol. The Morgan fingerprint density at radius 3 is 2.81 bits per heavy atom. The zero-order chi connectivity index (χ0) is 22.3. The number of nitrogens with one attached hydrogen (secondary N) is 1. The standard InChI is InChI=1S/C23H28N4O3S2/c1-2-30-20(28)13-18-15-31-22(24-18)26-23-25-21(29)19(32-23)14-27-10-8-17(9-11-27)12-16-6-4-3-5-7-16/h3-7,15,17,19H,2,8-14H2,1H3,(H,24,25,26,29). The van der Waals surface area contributed by atoms with Crippen LogP contribution in [0.1, 0.15) is 31.0 Å². The molecule has 9 heteroatoms. The molecular formula is C23H28N4O3S2. The third kappa shape index (κ3) is 6.40. The molecule has 1 atom stereocenters. The molecule has 2 aliphatic rings. The van der Waals surface area contributed by atoms with Crippen LogP contribution < -0.4 is 5.32 Å². The molecule has 1 amide bonds. The van der Waals surface area contributed by atoms with E-state index in [0.717, 1.165) is 38.9 Å². The lowest BCUT2D eigenvalue weighted by Gasteiger charge is -2.32. The fraction of sp³-hybridized carbons (Fsp3) is 0.478. The fourth-order valence-electron chi connectivity index (χ4n) is 4.01. The van der Waals surface area contributed by atoms with E-state index < -0.39 is 0 Å². The van der Waals surface area contributed by atoms with Gasteiger partial charge in [-0.3, -0.25) is 9.59 Å². The topological polar surface area (TPSA) is 83.9 Å². The first-order valence-corrected chi connectivity index (χ1v) is 12.8. The van der Waals surface area contributed by atoms with Gasteiger partial charge in [0.15, 0.2) is 5.17 Å². The number of hydrogen-bond donors (Lipinski definition) is 1. The Hall–Kier alpha value is -2.23. The molecule has 0 spiro atoms. The number of carbonyl (C=O) groups excluding carboxylic acids is 2. The van der Waals surface area contributed by atoms with Crippen molar-refractivity contribution in [3.8, 4) is 0 Å². The summed E-state index contributed by atoms with van der Waals surface area (Å²) in [6, 6.07) is 10.7. The first-order valence-electron chi connectivity index (χ1n) is 11.0. The Morgan fingerprint density at radius 1 is 1.28 bits per heavy atom. The molecule has 0 radical (unpaired) electrons. The quantitative estimate of drug-likeness (QED) is 0.593. The molecule has 4 rings (SSSR count). The number of benzene rings is 1. The Bertz CT molecular complexity index is 955. The molecule has 0 saturated carbocycles. The molecule has 2 saturated heterocycles. The zero-order valence-electron chi connectivity index (χ0n) is 18.2. The number of aromatic nitrogens is 1. The normalized spacial score (nSPS) is 21.1. The van der Waals surface area contributed by atoms with E-state index in [1.807, 2.05) is 0 Å². The maximum atomic E-state index is 12.5. The molecule has 1 N–H and O–H groups in total. The van der Waals surface area contributed by atoms with Crippen molar-refractivity contribution in [3.63, 3.8) is 0 Å². The number of amides is 1. The van der Waals surface area contributed by atoms with Gasteiger partial charge in [-0.1, -0.05) is 42.1 Å². The molecule has 3 heterocycles. The van der Waals surface area contributed by atoms with Crippen LogP contribution in [0.15, 0.2) is 40.7 Å². The van der Waals surface area contributed by atoms with Crippen molar-refractivity contribution >= 4 is 45.3 Å². The summed E-state index contributed by atoms with van der Waals surface area (Å²) >= 11 is 2.82. The number of piperidine rings is 1. The van der Waals surface area contributed by atoms with Crippen LogP contribution in [0, 0.1) is 5.92 Å². The number of rotatable bonds is 8. The first-order chi connectivity index (χ1) is 15.6. The molecule has 170 valence electrons. The second kappa shape index (κ2) is 11.1. The number of aliphatic imine (C=N–C) groups is 1. The van der Waals surface area contributed by atoms with E-state index in [1.54, 1.807) is 12.3 Å². The fourth-order valence-corrected chi connectivity index (χ4v) is 5.78. The van der Waals surface area contributed by atoms with Crippen LogP contribution in [0.5, 0.6) is 0 Å². The molecule has 1 aromatic carbocycles. The lowest BCUT2D eigenvalue weighted by Crippen LogP contribution is -2.40. The summed E-state index contributed by atoms with van der Waals surface area (Å²) in [7, 11) is 0. The summed E-state index contributed by atoms with van der Waals surface area (Å²) in [5, 5.41) is 5.64. The lowest BCUT2D eigenvalue weighted by molar-refractivity contribution is -0.142. The van der Waals surface area contributed by atoms with Gasteiger partial charge >= 0.3 is 5.97 Å². The highest BCUT2D eigenvalue weighted by Crippen LogP contribution is 2.28. The molecule has 0 aliphatic carbocycles. The van der Waals surface area contributed by atoms with E-state index in [1.165, 1.54) is 28.7 Å². The number of thioether (sulfide) groups is 1. The monoisotopic (exact) mass is 472 g/mol. The van der Waals surface area contributed by atoms with Crippen molar-refractivity contribution in [1.82, 2.24) is 15.2 Å². The summed E-state index contributed by atoms with van der Waals surface area (Å²) in [5.41, 5.74) is 2.04. The number of carbonyl (C=O) groups is 2. The van der Waals surface area contributed by atoms with E-state index in [0.29, 0.717) is 28.5 Å². The van der Waals surface area contributed by atoms with Crippen LogP contribution in [0.4, 0.5) is 5.13 Å². The Morgan fingerprint density at radius 2 is 2.06 bits per heavy atom. The van der Waals surface area contributed by atoms with Crippen LogP contribution in [0.25, 0.3) is 0 Å². The summed E-state index contributed by atoms with van der Waals surface area (Å²) < 4.78 is 4.95. The van der Waals surface area contributed by atoms with E-state index in [4.69, 9.17) is 4.74 Å². The van der Waals surface area contributed by atoms with Crippen LogP contribution in [-0.4, -0.2) is 58.4 Å². The van der Waals surface area contributed by atoms with Crippen molar-refractivity contribution in [3.05, 3.63) is 47.0 Å². The summed E-state index contributed by atoms with van der Waals surface area (Å²) in [5.74, 6) is 0.418. The van der Waals surface area contributed by atoms with E-state index in [-0.39, 0.29) is 23.5 Å². The third-order valence-electron chi connectivity index (χ3n) is 5.64. The van der Waals surface area contributed by atoms with Gasteiger partial charge in [-0.05, 0) is 50.8 Å². The molecular weight excluding hydrogens is 444 g/mol. The number of thiazole rings is 1. The Balaban J connectivity index is 1.25. The predicted molar refractivity (Wildman–Crippen MR) is 128 cm³/mol. The molecule has 7 nitrogen and oxygen atoms in total. The second-order valence-corrected chi connectivity index (χ2v) is 10.1. The highest BCUT2D eigenvalue weighted by Gasteiger charge is 2.33. The van der Waals surface area contributed by atoms with Crippen molar-refractivity contribution < 1.29 is 14.3 Å². The lowest BCUT2D eigenvalue weighted by atomic mass is 9.90. The van der Waals surface area contributed by atoms with Crippen LogP contribution in [0.3, 0.4) is 0 Å². The number of amidine groups is 1. The number of esters is 1. The van der Waals surface area contributed by atoms with E-state index in [9.17, 15) is 9.59 Å². The van der Waals surface area contributed by atoms with Gasteiger partial charge in [0, 0.05) is 11.9 Å². The summed E-state index contributed by atoms with van der Waals surface area (Å²) in [6.07, 6.45) is 3.60. The smallest absolute Gasteiger partial charge is 0.311 e. The zero-order valence-corrected chi connectivity index (χ0v) is 19.8. The number of likely N-dealkylation sites (tertiary alicyclic amines) is 1. The minimum absolute atomic E-state index is 0.00321. The van der Waals surface area contributed by atoms with Crippen molar-refractivity contribution in [2.45, 2.75) is 37.9 Å². The third-order valence-corrected chi connectivity index (χ3v) is 7.49. The van der Waals surface area contributed by atoms with Gasteiger partial charge in [0.25, 0.3) is 0 Å². The number of nitrogens with zero attached hydrogens (tertiary/aromatic N) is 3. The highest BCUT2D eigenvalue weighted by atomic mass is 32.2. The Labute approximate surface area is 196 Å². The van der Waals surface area contributed by atoms with Gasteiger partial charge in [-0.15, -0.1) is 11.3 Å². The van der Waals surface area contributed by atoms with Crippen molar-refractivity contribution in [1.29, 1.82) is 0 Å². The minimum atomic E-state index is -0.298. The van der Waals surface area contributed by atoms with Crippen molar-refractivity contribution in [2.75, 3.05) is 26.2 Å². The van der Waals surface area contributed by atoms with Gasteiger partial charge in [-0.25, -0.2) is 4.98 Å². The van der Waals surface area contributed by atoms with Gasteiger partial charge < -0.3 is 15.0 Å². The number of hydrogen-bond acceptors (Lipinski definition) is 8. The van der Waals surface area contributed by atoms with Gasteiger partial charge in [0.05, 0.1) is 18.7 Å². The maximum Gasteiger partial charge on any atom is 0.311 e. The summed E-state index contributed by atoms with van der Waals surface area (Å²) in [6.45, 7) is 4.92. The maximum absolute atomic E-state index is 12.5. The van der Waals surface area contributed by atoms with E-state index in [2.05, 4.69) is 50.5 Å². The van der Waals surface area contributed by atoms with Crippen molar-refractivity contribution in [2.24, 2.45) is 10.9 Å². The van der Waals surface area contributed by atoms with Gasteiger partial charge in [0.2, 0.25) is 11.0 Å². The molecule has 32 heavy (non-hydrogen) atoms. The van der Waals surface area contributed by atoms with Gasteiger partial charge in [0.1, 0.15) is 5.25 Å². The number of ether oxygens (including phenoxy) is 1. The molecule has 1 unspecified atom stereocenters. The van der Waals surface area contributed by atoms with Gasteiger partial charge in [-0.2, -0.15) is 4.99 Å². The second-order valence-electron chi connectivity index (χ2n) is 8.05. The SMILES string of the molecule is CCOC(=O)Cc1csc(/N=C2\NC(=O)C(CN3CCC(Cc4ccccc4)CC3)S2)n1. The van der Waals surface area contributed by atoms with Crippen LogP contribution in [-0.2, 0) is 27.2 Å². The summed E-state index contributed by atoms with van der Waals surface area (Å²) in [4.78, 5) is 35.3. The Kier molecular flexibility index (Phi) is 7.94. The first kappa shape index (κ1) is 22.9. The van der Waals surface area contributed by atoms with Crippen LogP contribution in [0.2, 0.25) is 0 Å². The molecule has 2 fully saturated rings. The molecule has 2 aliphatic heterocycles. The largest absolute Gasteiger partial charge is 0.466 e. The minimum Gasteiger partial charge on any atom is -0.466 e. The average Bonchev–Trinajstić information content (AvgIpc) is 3.36. The molecule has 1 aromatic heterocycles. The molecule has 0 bridgehead atoms. The molecule has 2 aromatic rings.